The van der Waals surface area contributed by atoms with E-state index < -0.39 is 37.0 Å². The predicted octanol–water partition coefficient (Wildman–Crippen LogP) is 1.18. The maximum absolute atomic E-state index is 11.4. The van der Waals surface area contributed by atoms with Gasteiger partial charge in [0.05, 0.1) is 12.4 Å². The van der Waals surface area contributed by atoms with Gasteiger partial charge in [-0.05, 0) is 29.3 Å². The average molecular weight is 592 g/mol. The van der Waals surface area contributed by atoms with Crippen molar-refractivity contribution in [3.63, 3.8) is 0 Å². The molecule has 1 aromatic carbocycles. The minimum absolute atomic E-state index is 0.0434. The van der Waals surface area contributed by atoms with Crippen molar-refractivity contribution in [1.82, 2.24) is 9.97 Å². The Balaban J connectivity index is 1.94. The Hall–Kier alpha value is -4.94. The Morgan fingerprint density at radius 1 is 0.825 bits per heavy atom. The first-order valence-corrected chi connectivity index (χ1v) is 12.7. The van der Waals surface area contributed by atoms with Crippen molar-refractivity contribution >= 4 is 69.2 Å². The third kappa shape index (κ3) is 8.55. The number of carbonyl (C=O) groups is 4. The van der Waals surface area contributed by atoms with E-state index in [9.17, 15) is 29.4 Å². The lowest BCUT2D eigenvalue weighted by atomic mass is 10.1. The molecule has 16 nitrogen and oxygen atoms in total. The molecule has 2 aromatic heterocycles. The fourth-order valence-electron chi connectivity index (χ4n) is 2.86. The van der Waals surface area contributed by atoms with Crippen LogP contribution in [0.15, 0.2) is 39.2 Å². The van der Waals surface area contributed by atoms with Crippen LogP contribution in [0.3, 0.4) is 0 Å². The molecule has 3 rings (SSSR count). The van der Waals surface area contributed by atoms with Crippen molar-refractivity contribution in [2.24, 2.45) is 15.9 Å². The van der Waals surface area contributed by atoms with E-state index in [2.05, 4.69) is 20.2 Å². The Morgan fingerprint density at radius 2 is 1.27 bits per heavy atom. The number of hydrazone groups is 2. The zero-order chi connectivity index (χ0) is 29.2. The lowest BCUT2D eigenvalue weighted by molar-refractivity contribution is -0.136. The summed E-state index contributed by atoms with van der Waals surface area (Å²) in [5, 5.41) is 49.7. The van der Waals surface area contributed by atoms with E-state index in [4.69, 9.17) is 20.7 Å². The third-order valence-electron chi connectivity index (χ3n) is 4.46. The molecule has 0 unspecified atom stereocenters. The summed E-state index contributed by atoms with van der Waals surface area (Å²) in [6.45, 7) is -0.817. The number of hydrogen-bond donors (Lipinski definition) is 5. The van der Waals surface area contributed by atoms with Crippen LogP contribution in [0.5, 0.6) is 5.75 Å². The number of aliphatic carboxylic acids is 2. The fourth-order valence-corrected chi connectivity index (χ4v) is 4.37. The summed E-state index contributed by atoms with van der Waals surface area (Å²) in [5.74, 6) is -4.67. The second-order valence-corrected chi connectivity index (χ2v) is 9.18. The van der Waals surface area contributed by atoms with Crippen LogP contribution in [-0.2, 0) is 9.59 Å². The summed E-state index contributed by atoms with van der Waals surface area (Å²) in [6.07, 6.45) is 2.60. The molecule has 2 heterocycles. The zero-order valence-corrected chi connectivity index (χ0v) is 21.9. The number of hydrogen-bond acceptors (Lipinski definition) is 14. The second-order valence-electron chi connectivity index (χ2n) is 7.51. The van der Waals surface area contributed by atoms with Crippen LogP contribution in [0.4, 0.5) is 10.3 Å². The number of nitrogens with two attached hydrogens (primary N) is 1. The van der Waals surface area contributed by atoms with Crippen LogP contribution >= 0.6 is 22.7 Å². The highest BCUT2D eigenvalue weighted by Gasteiger charge is 2.18. The summed E-state index contributed by atoms with van der Waals surface area (Å²) in [4.78, 5) is 52.8. The molecule has 0 saturated heterocycles. The van der Waals surface area contributed by atoms with E-state index in [1.807, 2.05) is 0 Å². The highest BCUT2D eigenvalue weighted by molar-refractivity contribution is 7.14. The number of nitrogens with zero attached hydrogens (tertiary/aromatic N) is 6. The van der Waals surface area contributed by atoms with Crippen molar-refractivity contribution in [3.8, 4) is 5.75 Å². The smallest absolute Gasteiger partial charge is 0.355 e. The highest BCUT2D eigenvalue weighted by Crippen LogP contribution is 2.23. The summed E-state index contributed by atoms with van der Waals surface area (Å²) in [7, 11) is 0. The van der Waals surface area contributed by atoms with Crippen LogP contribution in [0.25, 0.3) is 0 Å². The Morgan fingerprint density at radius 3 is 1.62 bits per heavy atom. The van der Waals surface area contributed by atoms with Crippen molar-refractivity contribution in [3.05, 3.63) is 51.5 Å². The van der Waals surface area contributed by atoms with Crippen LogP contribution < -0.4 is 20.5 Å². The van der Waals surface area contributed by atoms with Gasteiger partial charge >= 0.3 is 23.9 Å². The van der Waals surface area contributed by atoms with Gasteiger partial charge in [-0.3, -0.25) is 9.59 Å². The molecule has 0 spiro atoms. The molecule has 0 radical (unpaired) electrons. The van der Waals surface area contributed by atoms with Gasteiger partial charge in [0.15, 0.2) is 11.4 Å². The van der Waals surface area contributed by atoms with Crippen LogP contribution in [0.1, 0.15) is 32.1 Å². The molecule has 0 aliphatic heterocycles. The lowest BCUT2D eigenvalue weighted by Gasteiger charge is -2.14. The minimum Gasteiger partial charge on any atom is -0.492 e. The summed E-state index contributed by atoms with van der Waals surface area (Å²) < 4.78 is 5.59. The van der Waals surface area contributed by atoms with Gasteiger partial charge in [0.1, 0.15) is 25.4 Å². The minimum atomic E-state index is -1.27. The molecule has 0 bridgehead atoms. The SMILES string of the molecule is NCCOc1cc(/C=N/N(CC(=O)O)c2nc(C(=O)O)cs2)cc(/C=N/N(CC(=O)O)c2nc(C(=O)O)cs2)c1. The van der Waals surface area contributed by atoms with E-state index in [0.29, 0.717) is 16.9 Å². The molecular formula is C22H21N7O9S2. The molecule has 40 heavy (non-hydrogen) atoms. The molecule has 0 aliphatic rings. The maximum atomic E-state index is 11.4. The first-order chi connectivity index (χ1) is 19.0. The van der Waals surface area contributed by atoms with Crippen LogP contribution in [0.2, 0.25) is 0 Å². The number of carboxylic acid groups (broad SMARTS) is 4. The molecule has 210 valence electrons. The van der Waals surface area contributed by atoms with Gasteiger partial charge in [-0.2, -0.15) is 10.2 Å². The largest absolute Gasteiger partial charge is 0.492 e. The molecule has 18 heteroatoms. The van der Waals surface area contributed by atoms with Gasteiger partial charge in [0.2, 0.25) is 10.3 Å². The Kier molecular flexibility index (Phi) is 10.2. The molecule has 0 atom stereocenters. The molecule has 0 saturated carbocycles. The first-order valence-electron chi connectivity index (χ1n) is 11.0. The van der Waals surface area contributed by atoms with E-state index in [1.165, 1.54) is 23.2 Å². The highest BCUT2D eigenvalue weighted by atomic mass is 32.1. The van der Waals surface area contributed by atoms with Crippen molar-refractivity contribution in [1.29, 1.82) is 0 Å². The Labute approximate surface area is 232 Å². The van der Waals surface area contributed by atoms with Gasteiger partial charge in [0, 0.05) is 17.3 Å². The van der Waals surface area contributed by atoms with Crippen molar-refractivity contribution < 1.29 is 44.3 Å². The van der Waals surface area contributed by atoms with Crippen molar-refractivity contribution in [2.45, 2.75) is 0 Å². The summed E-state index contributed by atoms with van der Waals surface area (Å²) in [5.41, 5.74) is 5.82. The molecule has 0 aliphatic carbocycles. The van der Waals surface area contributed by atoms with Crippen LogP contribution in [0, 0.1) is 0 Å². The van der Waals surface area contributed by atoms with E-state index in [1.54, 1.807) is 18.2 Å². The van der Waals surface area contributed by atoms with Gasteiger partial charge in [-0.1, -0.05) is 0 Å². The maximum Gasteiger partial charge on any atom is 0.355 e. The standard InChI is InChI=1S/C22H21N7O9S2/c23-1-2-38-14-4-12(6-24-28(8-17(30)31)21-26-15(10-39-21)19(34)35)3-13(5-14)7-25-29(9-18(32)33)22-27-16(11-40-22)20(36)37/h3-7,10-11H,1-2,8-9,23H2,(H,30,31)(H,32,33)(H,34,35)(H,36,37)/b24-6+,25-7+. The van der Waals surface area contributed by atoms with Crippen LogP contribution in [-0.4, -0.2) is 92.9 Å². The second kappa shape index (κ2) is 13.7. The molecular weight excluding hydrogens is 570 g/mol. The number of benzene rings is 1. The predicted molar refractivity (Wildman–Crippen MR) is 144 cm³/mol. The molecule has 0 amide bonds. The topological polar surface area (TPSA) is 241 Å². The van der Waals surface area contributed by atoms with E-state index in [-0.39, 0.29) is 34.8 Å². The third-order valence-corrected chi connectivity index (χ3v) is 6.17. The molecule has 6 N–H and O–H groups in total. The van der Waals surface area contributed by atoms with E-state index >= 15 is 0 Å². The van der Waals surface area contributed by atoms with Gasteiger partial charge < -0.3 is 30.9 Å². The van der Waals surface area contributed by atoms with Gasteiger partial charge in [0.25, 0.3) is 0 Å². The van der Waals surface area contributed by atoms with Gasteiger partial charge in [-0.25, -0.2) is 29.6 Å². The number of anilines is 2. The lowest BCUT2D eigenvalue weighted by Crippen LogP contribution is -2.25. The summed E-state index contributed by atoms with van der Waals surface area (Å²) in [6, 6.07) is 4.74. The number of carboxylic acids is 4. The first kappa shape index (κ1) is 29.6. The number of thiazole rings is 2. The number of aromatic nitrogens is 2. The van der Waals surface area contributed by atoms with Crippen molar-refractivity contribution in [2.75, 3.05) is 36.3 Å². The number of ether oxygens (including phenoxy) is 1. The normalized spacial score (nSPS) is 11.1. The number of rotatable bonds is 15. The average Bonchev–Trinajstić information content (AvgIpc) is 3.58. The summed E-state index contributed by atoms with van der Waals surface area (Å²) >= 11 is 1.80. The zero-order valence-electron chi connectivity index (χ0n) is 20.3. The molecule has 0 fully saturated rings. The quantitative estimate of drug-likeness (QED) is 0.123. The fraction of sp³-hybridized carbons (Fsp3) is 0.182. The number of aromatic carboxylic acids is 2. The Bertz CT molecular complexity index is 1350. The van der Waals surface area contributed by atoms with Gasteiger partial charge in [-0.15, -0.1) is 22.7 Å². The molecule has 3 aromatic rings. The monoisotopic (exact) mass is 591 g/mol. The van der Waals surface area contributed by atoms with E-state index in [0.717, 1.165) is 32.7 Å².